The van der Waals surface area contributed by atoms with Gasteiger partial charge < -0.3 is 5.11 Å². The lowest BCUT2D eigenvalue weighted by molar-refractivity contribution is -0.241. The first-order valence-electron chi connectivity index (χ1n) is 4.91. The van der Waals surface area contributed by atoms with Crippen molar-refractivity contribution in [3.8, 4) is 0 Å². The molecule has 5 heteroatoms. The molecule has 0 amide bonds. The third kappa shape index (κ3) is 8.42. The van der Waals surface area contributed by atoms with Crippen LogP contribution in [0.25, 0.3) is 0 Å². The Balaban J connectivity index is 3.59. The smallest absolute Gasteiger partial charge is 0.303 e. The maximum atomic E-state index is 10.4. The molecule has 0 aliphatic carbocycles. The summed E-state index contributed by atoms with van der Waals surface area (Å²) in [6.45, 7) is 2.47. The number of hydrogen-bond acceptors (Lipinski definition) is 3. The highest BCUT2D eigenvalue weighted by Gasteiger charge is 2.08. The Hall–Kier alpha value is -0.180. The van der Waals surface area contributed by atoms with Gasteiger partial charge in [-0.05, 0) is 24.9 Å². The van der Waals surface area contributed by atoms with Crippen molar-refractivity contribution in [1.29, 1.82) is 0 Å². The molecule has 0 aromatic rings. The van der Waals surface area contributed by atoms with Crippen LogP contribution in [0.1, 0.15) is 26.2 Å². The first kappa shape index (κ1) is 13.8. The van der Waals surface area contributed by atoms with Gasteiger partial charge in [0.05, 0.1) is 6.61 Å². The lowest BCUT2D eigenvalue weighted by Crippen LogP contribution is -2.03. The maximum absolute atomic E-state index is 10.4. The summed E-state index contributed by atoms with van der Waals surface area (Å²) in [5.41, 5.74) is 0. The van der Waals surface area contributed by atoms with Gasteiger partial charge in [0.1, 0.15) is 0 Å². The van der Waals surface area contributed by atoms with Gasteiger partial charge in [-0.2, -0.15) is 0 Å². The summed E-state index contributed by atoms with van der Waals surface area (Å²) in [4.78, 5) is 14.4. The Morgan fingerprint density at radius 3 is 2.57 bits per heavy atom. The quantitative estimate of drug-likeness (QED) is 0.272. The topological polar surface area (TPSA) is 66.8 Å². The molecular weight excluding hydrogens is 203 g/mol. The molecule has 1 unspecified atom stereocenters. The average Bonchev–Trinajstić information content (AvgIpc) is 2.14. The third-order valence-electron chi connectivity index (χ3n) is 1.89. The fraction of sp³-hybridized carbons (Fsp3) is 0.889. The van der Waals surface area contributed by atoms with E-state index >= 15 is 0 Å². The van der Waals surface area contributed by atoms with Gasteiger partial charge in [0.25, 0.3) is 0 Å². The number of carboxylic acids is 1. The molecule has 0 rings (SSSR count). The zero-order valence-corrected chi connectivity index (χ0v) is 9.50. The molecule has 2 N–H and O–H groups in total. The molecule has 0 fully saturated rings. The number of hydrogen-bond donors (Lipinski definition) is 2. The Morgan fingerprint density at radius 2 is 2.07 bits per heavy atom. The molecule has 0 bridgehead atoms. The second-order valence-corrected chi connectivity index (χ2v) is 5.86. The van der Waals surface area contributed by atoms with Gasteiger partial charge in [-0.1, -0.05) is 13.3 Å². The van der Waals surface area contributed by atoms with Crippen molar-refractivity contribution >= 4 is 13.9 Å². The van der Waals surface area contributed by atoms with E-state index in [1.165, 1.54) is 0 Å². The largest absolute Gasteiger partial charge is 0.481 e. The molecule has 1 atom stereocenters. The number of rotatable bonds is 9. The Bertz CT molecular complexity index is 152. The summed E-state index contributed by atoms with van der Waals surface area (Å²) in [7, 11) is -0.177. The van der Waals surface area contributed by atoms with Crippen LogP contribution in [0.4, 0.5) is 0 Å². The maximum Gasteiger partial charge on any atom is 0.303 e. The predicted octanol–water partition coefficient (Wildman–Crippen LogP) is 2.23. The highest BCUT2D eigenvalue weighted by atomic mass is 31.1. The van der Waals surface area contributed by atoms with Crippen LogP contribution in [-0.4, -0.2) is 41.4 Å². The number of aliphatic carboxylic acids is 1. The summed E-state index contributed by atoms with van der Waals surface area (Å²) in [5, 5.41) is 16.7. The van der Waals surface area contributed by atoms with Gasteiger partial charge in [-0.15, -0.1) is 7.92 Å². The van der Waals surface area contributed by atoms with Gasteiger partial charge in [-0.25, -0.2) is 4.89 Å². The van der Waals surface area contributed by atoms with E-state index < -0.39 is 5.97 Å². The minimum absolute atomic E-state index is 0.177. The van der Waals surface area contributed by atoms with E-state index in [2.05, 4.69) is 11.8 Å². The van der Waals surface area contributed by atoms with Gasteiger partial charge in [0.15, 0.2) is 0 Å². The third-order valence-corrected chi connectivity index (χ3v) is 4.78. The standard InChI is InChI=1S/C9H19O4P/c1-2-6-14(7-3-5-13-12)8-4-9(10)11/h12H,2-8H2,1H3,(H,10,11). The average molecular weight is 222 g/mol. The summed E-state index contributed by atoms with van der Waals surface area (Å²) in [5.74, 6) is -0.716. The highest BCUT2D eigenvalue weighted by molar-refractivity contribution is 7.57. The van der Waals surface area contributed by atoms with Crippen LogP contribution in [0.5, 0.6) is 0 Å². The molecule has 0 aromatic carbocycles. The molecular formula is C9H19O4P. The fourth-order valence-electron chi connectivity index (χ4n) is 1.26. The van der Waals surface area contributed by atoms with Gasteiger partial charge in [-0.3, -0.25) is 10.1 Å². The molecule has 0 saturated carbocycles. The van der Waals surface area contributed by atoms with E-state index in [0.29, 0.717) is 6.61 Å². The molecule has 14 heavy (non-hydrogen) atoms. The fourth-order valence-corrected chi connectivity index (χ4v) is 3.65. The lowest BCUT2D eigenvalue weighted by atomic mass is 10.5. The predicted molar refractivity (Wildman–Crippen MR) is 57.3 cm³/mol. The lowest BCUT2D eigenvalue weighted by Gasteiger charge is -2.15. The molecule has 0 aliphatic rings. The molecule has 0 spiro atoms. The molecule has 4 nitrogen and oxygen atoms in total. The molecule has 0 aliphatic heterocycles. The normalized spacial score (nSPS) is 12.7. The van der Waals surface area contributed by atoms with Crippen LogP contribution in [0, 0.1) is 0 Å². The first-order valence-corrected chi connectivity index (χ1v) is 6.81. The van der Waals surface area contributed by atoms with E-state index in [1.54, 1.807) is 0 Å². The van der Waals surface area contributed by atoms with Crippen molar-refractivity contribution in [2.45, 2.75) is 26.2 Å². The molecule has 0 radical (unpaired) electrons. The summed E-state index contributed by atoms with van der Waals surface area (Å²) in [6, 6.07) is 0. The van der Waals surface area contributed by atoms with Crippen LogP contribution in [0.15, 0.2) is 0 Å². The second-order valence-electron chi connectivity index (χ2n) is 3.17. The van der Waals surface area contributed by atoms with Crippen molar-refractivity contribution in [3.05, 3.63) is 0 Å². The van der Waals surface area contributed by atoms with Crippen LogP contribution >= 0.6 is 7.92 Å². The Kier molecular flexibility index (Phi) is 9.26. The van der Waals surface area contributed by atoms with Gasteiger partial charge in [0, 0.05) is 6.42 Å². The van der Waals surface area contributed by atoms with E-state index in [4.69, 9.17) is 10.4 Å². The highest BCUT2D eigenvalue weighted by Crippen LogP contribution is 2.37. The monoisotopic (exact) mass is 222 g/mol. The summed E-state index contributed by atoms with van der Waals surface area (Å²) >= 11 is 0. The van der Waals surface area contributed by atoms with E-state index in [0.717, 1.165) is 31.3 Å². The van der Waals surface area contributed by atoms with Crippen molar-refractivity contribution in [2.24, 2.45) is 0 Å². The van der Waals surface area contributed by atoms with Crippen LogP contribution < -0.4 is 0 Å². The second kappa shape index (κ2) is 9.38. The van der Waals surface area contributed by atoms with Crippen molar-refractivity contribution in [1.82, 2.24) is 0 Å². The minimum atomic E-state index is -0.716. The minimum Gasteiger partial charge on any atom is -0.481 e. The SMILES string of the molecule is CCCP(CCCOO)CCC(=O)O. The summed E-state index contributed by atoms with van der Waals surface area (Å²) < 4.78 is 0. The molecule has 0 saturated heterocycles. The first-order chi connectivity index (χ1) is 6.70. The van der Waals surface area contributed by atoms with Gasteiger partial charge >= 0.3 is 5.97 Å². The van der Waals surface area contributed by atoms with Gasteiger partial charge in [0.2, 0.25) is 0 Å². The zero-order chi connectivity index (χ0) is 10.8. The van der Waals surface area contributed by atoms with E-state index in [1.807, 2.05) is 0 Å². The molecule has 0 aromatic heterocycles. The zero-order valence-electron chi connectivity index (χ0n) is 8.61. The molecule has 84 valence electrons. The van der Waals surface area contributed by atoms with E-state index in [9.17, 15) is 4.79 Å². The molecule has 0 heterocycles. The Labute approximate surface area is 86.0 Å². The van der Waals surface area contributed by atoms with Crippen LogP contribution in [0.3, 0.4) is 0 Å². The van der Waals surface area contributed by atoms with Crippen molar-refractivity contribution in [2.75, 3.05) is 25.1 Å². The number of carbonyl (C=O) groups is 1. The van der Waals surface area contributed by atoms with Crippen molar-refractivity contribution < 1.29 is 20.0 Å². The Morgan fingerprint density at radius 1 is 1.36 bits per heavy atom. The van der Waals surface area contributed by atoms with E-state index in [-0.39, 0.29) is 14.3 Å². The van der Waals surface area contributed by atoms with Crippen LogP contribution in [0.2, 0.25) is 0 Å². The summed E-state index contributed by atoms with van der Waals surface area (Å²) in [6.07, 6.45) is 5.10. The van der Waals surface area contributed by atoms with Crippen LogP contribution in [-0.2, 0) is 9.68 Å². The van der Waals surface area contributed by atoms with Crippen molar-refractivity contribution in [3.63, 3.8) is 0 Å². The number of carboxylic acid groups (broad SMARTS) is 1.